The minimum Gasteiger partial charge on any atom is -0.491 e. The number of methoxy groups -OCH3 is 1. The molecule has 6 nitrogen and oxygen atoms in total. The van der Waals surface area contributed by atoms with Crippen molar-refractivity contribution in [1.82, 2.24) is 9.80 Å². The number of hydrogen-bond donors (Lipinski definition) is 0. The van der Waals surface area contributed by atoms with E-state index in [2.05, 4.69) is 11.4 Å². The molecule has 0 bridgehead atoms. The summed E-state index contributed by atoms with van der Waals surface area (Å²) in [6, 6.07) is 9.87. The van der Waals surface area contributed by atoms with Crippen molar-refractivity contribution in [1.29, 1.82) is 0 Å². The van der Waals surface area contributed by atoms with E-state index in [9.17, 15) is 9.59 Å². The fourth-order valence-electron chi connectivity index (χ4n) is 4.10. The van der Waals surface area contributed by atoms with E-state index in [0.717, 1.165) is 36.1 Å². The van der Waals surface area contributed by atoms with E-state index >= 15 is 0 Å². The number of para-hydroxylation sites is 1. The second kappa shape index (κ2) is 9.83. The molecule has 31 heavy (non-hydrogen) atoms. The lowest BCUT2D eigenvalue weighted by molar-refractivity contribution is -0.144. The highest BCUT2D eigenvalue weighted by molar-refractivity contribution is 7.10. The minimum atomic E-state index is -0.151. The number of benzene rings is 1. The van der Waals surface area contributed by atoms with E-state index in [-0.39, 0.29) is 31.0 Å². The molecule has 2 amide bonds. The summed E-state index contributed by atoms with van der Waals surface area (Å²) in [5.74, 6) is 1.20. The maximum atomic E-state index is 13.4. The number of aryl methyl sites for hydroxylation is 1. The second-order valence-corrected chi connectivity index (χ2v) is 9.38. The van der Waals surface area contributed by atoms with Crippen LogP contribution in [-0.2, 0) is 20.7 Å². The molecule has 1 aliphatic carbocycles. The van der Waals surface area contributed by atoms with Crippen LogP contribution in [0.1, 0.15) is 34.9 Å². The summed E-state index contributed by atoms with van der Waals surface area (Å²) >= 11 is 1.74. The van der Waals surface area contributed by atoms with Gasteiger partial charge in [0.1, 0.15) is 19.0 Å². The molecule has 1 unspecified atom stereocenters. The molecule has 2 aliphatic rings. The zero-order valence-electron chi connectivity index (χ0n) is 18.2. The van der Waals surface area contributed by atoms with E-state index in [4.69, 9.17) is 9.47 Å². The van der Waals surface area contributed by atoms with Gasteiger partial charge in [0, 0.05) is 25.1 Å². The van der Waals surface area contributed by atoms with E-state index in [1.165, 1.54) is 12.0 Å². The lowest BCUT2D eigenvalue weighted by atomic mass is 10.0. The highest BCUT2D eigenvalue weighted by Gasteiger charge is 2.35. The third kappa shape index (κ3) is 5.28. The predicted octanol–water partition coefficient (Wildman–Crippen LogP) is 3.45. The average molecular weight is 443 g/mol. The Bertz CT molecular complexity index is 924. The van der Waals surface area contributed by atoms with Crippen molar-refractivity contribution in [3.05, 3.63) is 51.7 Å². The quantitative estimate of drug-likeness (QED) is 0.597. The average Bonchev–Trinajstić information content (AvgIpc) is 3.45. The maximum Gasteiger partial charge on any atom is 0.249 e. The maximum absolute atomic E-state index is 13.4. The largest absolute Gasteiger partial charge is 0.491 e. The van der Waals surface area contributed by atoms with E-state index < -0.39 is 0 Å². The predicted molar refractivity (Wildman–Crippen MR) is 120 cm³/mol. The van der Waals surface area contributed by atoms with Crippen LogP contribution in [0, 0.1) is 12.8 Å². The molecule has 0 spiro atoms. The van der Waals surface area contributed by atoms with Crippen LogP contribution in [0.4, 0.5) is 0 Å². The number of rotatable bonds is 9. The molecule has 4 rings (SSSR count). The molecule has 0 saturated heterocycles. The Balaban J connectivity index is 1.49. The number of thiophene rings is 1. The first-order valence-corrected chi connectivity index (χ1v) is 11.8. The third-order valence-electron chi connectivity index (χ3n) is 6.03. The number of ether oxygens (including phenoxy) is 2. The van der Waals surface area contributed by atoms with Crippen LogP contribution in [0.25, 0.3) is 0 Å². The molecule has 7 heteroatoms. The van der Waals surface area contributed by atoms with Gasteiger partial charge in [-0.15, -0.1) is 11.3 Å². The Morgan fingerprint density at radius 2 is 2.03 bits per heavy atom. The Hall–Kier alpha value is -2.38. The summed E-state index contributed by atoms with van der Waals surface area (Å²) < 4.78 is 11.2. The van der Waals surface area contributed by atoms with Gasteiger partial charge < -0.3 is 19.3 Å². The molecule has 1 fully saturated rings. The molecular weight excluding hydrogens is 412 g/mol. The van der Waals surface area contributed by atoms with Crippen LogP contribution in [0.15, 0.2) is 35.7 Å². The van der Waals surface area contributed by atoms with Gasteiger partial charge in [0.25, 0.3) is 0 Å². The molecule has 2 heterocycles. The van der Waals surface area contributed by atoms with Crippen molar-refractivity contribution in [3.63, 3.8) is 0 Å². The molecule has 2 aromatic rings. The van der Waals surface area contributed by atoms with Gasteiger partial charge in [-0.2, -0.15) is 0 Å². The number of hydrogen-bond acceptors (Lipinski definition) is 5. The van der Waals surface area contributed by atoms with Crippen molar-refractivity contribution >= 4 is 23.2 Å². The summed E-state index contributed by atoms with van der Waals surface area (Å²) in [6.45, 7) is 3.80. The standard InChI is InChI=1S/C24H30N2O4S/c1-17-5-3-4-6-21(17)30-15-20-19-10-12-31-22(19)9-11-26(20)23(27)14-25(13-18-7-8-18)24(28)16-29-2/h3-6,10,12,18,20H,7-9,11,13-16H2,1-2H3. The Morgan fingerprint density at radius 3 is 2.77 bits per heavy atom. The van der Waals surface area contributed by atoms with Crippen LogP contribution < -0.4 is 4.74 Å². The number of carbonyl (C=O) groups excluding carboxylic acids is 2. The third-order valence-corrected chi connectivity index (χ3v) is 7.02. The zero-order chi connectivity index (χ0) is 21.8. The topological polar surface area (TPSA) is 59.1 Å². The normalized spacial score (nSPS) is 17.9. The Labute approximate surface area is 187 Å². The van der Waals surface area contributed by atoms with Gasteiger partial charge in [-0.05, 0) is 60.7 Å². The SMILES string of the molecule is COCC(=O)N(CC(=O)N1CCc2sccc2C1COc1ccccc1C)CC1CC1. The fourth-order valence-corrected chi connectivity index (χ4v) is 5.03. The number of carbonyl (C=O) groups is 2. The van der Waals surface area contributed by atoms with Crippen molar-refractivity contribution in [2.75, 3.05) is 40.0 Å². The zero-order valence-corrected chi connectivity index (χ0v) is 19.0. The summed E-state index contributed by atoms with van der Waals surface area (Å²) in [7, 11) is 1.51. The van der Waals surface area contributed by atoms with Crippen molar-refractivity contribution < 1.29 is 19.1 Å². The van der Waals surface area contributed by atoms with Crippen LogP contribution in [0.3, 0.4) is 0 Å². The highest BCUT2D eigenvalue weighted by Crippen LogP contribution is 2.35. The van der Waals surface area contributed by atoms with Gasteiger partial charge in [-0.25, -0.2) is 0 Å². The van der Waals surface area contributed by atoms with Crippen molar-refractivity contribution in [3.8, 4) is 5.75 Å². The fraction of sp³-hybridized carbons (Fsp3) is 0.500. The van der Waals surface area contributed by atoms with E-state index in [0.29, 0.717) is 25.6 Å². The molecule has 1 atom stereocenters. The lowest BCUT2D eigenvalue weighted by Gasteiger charge is -2.37. The van der Waals surface area contributed by atoms with Crippen LogP contribution in [0.5, 0.6) is 5.75 Å². The van der Waals surface area contributed by atoms with E-state index in [1.54, 1.807) is 16.2 Å². The minimum absolute atomic E-state index is 0.00843. The van der Waals surface area contributed by atoms with Crippen molar-refractivity contribution in [2.45, 2.75) is 32.2 Å². The Morgan fingerprint density at radius 1 is 1.23 bits per heavy atom. The van der Waals surface area contributed by atoms with Gasteiger partial charge in [-0.1, -0.05) is 18.2 Å². The first kappa shape index (κ1) is 21.8. The van der Waals surface area contributed by atoms with Crippen LogP contribution in [-0.4, -0.2) is 61.6 Å². The molecule has 0 N–H and O–H groups in total. The molecule has 1 aromatic heterocycles. The molecule has 166 valence electrons. The lowest BCUT2D eigenvalue weighted by Crippen LogP contribution is -2.48. The summed E-state index contributed by atoms with van der Waals surface area (Å²) in [5, 5.41) is 2.08. The molecule has 1 aromatic carbocycles. The monoisotopic (exact) mass is 442 g/mol. The van der Waals surface area contributed by atoms with Gasteiger partial charge in [0.05, 0.1) is 12.6 Å². The summed E-state index contributed by atoms with van der Waals surface area (Å²) in [5.41, 5.74) is 2.23. The molecule has 1 aliphatic heterocycles. The van der Waals surface area contributed by atoms with Gasteiger partial charge >= 0.3 is 0 Å². The number of fused-ring (bicyclic) bond motifs is 1. The van der Waals surface area contributed by atoms with Crippen LogP contribution in [0.2, 0.25) is 0 Å². The number of amides is 2. The van der Waals surface area contributed by atoms with Crippen LogP contribution >= 0.6 is 11.3 Å². The summed E-state index contributed by atoms with van der Waals surface area (Å²) in [6.07, 6.45) is 3.09. The first-order valence-electron chi connectivity index (χ1n) is 10.9. The summed E-state index contributed by atoms with van der Waals surface area (Å²) in [4.78, 5) is 30.8. The van der Waals surface area contributed by atoms with Gasteiger partial charge in [0.15, 0.2) is 0 Å². The van der Waals surface area contributed by atoms with E-state index in [1.807, 2.05) is 36.1 Å². The highest BCUT2D eigenvalue weighted by atomic mass is 32.1. The number of nitrogens with zero attached hydrogens (tertiary/aromatic N) is 2. The smallest absolute Gasteiger partial charge is 0.249 e. The second-order valence-electron chi connectivity index (χ2n) is 8.38. The molecule has 1 saturated carbocycles. The molecule has 0 radical (unpaired) electrons. The van der Waals surface area contributed by atoms with Gasteiger partial charge in [0.2, 0.25) is 11.8 Å². The molecular formula is C24H30N2O4S. The van der Waals surface area contributed by atoms with Gasteiger partial charge in [-0.3, -0.25) is 9.59 Å². The Kier molecular flexibility index (Phi) is 6.92. The first-order chi connectivity index (χ1) is 15.1. The van der Waals surface area contributed by atoms with Crippen molar-refractivity contribution in [2.24, 2.45) is 5.92 Å².